The Morgan fingerprint density at radius 2 is 1.56 bits per heavy atom. The van der Waals surface area contributed by atoms with Crippen LogP contribution in [0.2, 0.25) is 0 Å². The van der Waals surface area contributed by atoms with Gasteiger partial charge in [-0.15, -0.1) is 0 Å². The van der Waals surface area contributed by atoms with Gasteiger partial charge in [-0.25, -0.2) is 0 Å². The second kappa shape index (κ2) is 8.43. The lowest BCUT2D eigenvalue weighted by Crippen LogP contribution is -2.37. The van der Waals surface area contributed by atoms with Crippen molar-refractivity contribution >= 4 is 5.91 Å². The fourth-order valence-corrected chi connectivity index (χ4v) is 2.94. The van der Waals surface area contributed by atoms with Crippen LogP contribution in [0.25, 0.3) is 0 Å². The lowest BCUT2D eigenvalue weighted by molar-refractivity contribution is -0.137. The van der Waals surface area contributed by atoms with Gasteiger partial charge in [-0.3, -0.25) is 4.79 Å². The Morgan fingerprint density at radius 1 is 1.00 bits per heavy atom. The minimum atomic E-state index is -4.36. The van der Waals surface area contributed by atoms with Gasteiger partial charge >= 0.3 is 6.18 Å². The zero-order valence-electron chi connectivity index (χ0n) is 14.7. The topological polar surface area (TPSA) is 50.4 Å². The molecule has 2 aromatic carbocycles. The smallest absolute Gasteiger partial charge is 0.416 e. The average molecular weight is 378 g/mol. The van der Waals surface area contributed by atoms with Gasteiger partial charge in [-0.2, -0.15) is 13.2 Å². The molecule has 1 aliphatic rings. The van der Waals surface area contributed by atoms with Crippen LogP contribution in [0.5, 0.6) is 11.5 Å². The number of hydrogen-bond acceptors (Lipinski definition) is 3. The summed E-state index contributed by atoms with van der Waals surface area (Å²) in [6.45, 7) is 2.17. The summed E-state index contributed by atoms with van der Waals surface area (Å²) < 4.78 is 43.3. The lowest BCUT2D eigenvalue weighted by atomic mass is 9.97. The molecular formula is C20H21F3N2O2. The van der Waals surface area contributed by atoms with E-state index >= 15 is 0 Å². The Morgan fingerprint density at radius 3 is 2.11 bits per heavy atom. The zero-order valence-corrected chi connectivity index (χ0v) is 14.7. The second-order valence-electron chi connectivity index (χ2n) is 6.51. The Labute approximate surface area is 155 Å². The van der Waals surface area contributed by atoms with Crippen molar-refractivity contribution < 1.29 is 22.7 Å². The number of nitrogens with one attached hydrogen (secondary N) is 2. The van der Waals surface area contributed by atoms with E-state index < -0.39 is 11.7 Å². The maximum Gasteiger partial charge on any atom is 0.416 e. The van der Waals surface area contributed by atoms with Crippen molar-refractivity contribution in [3.63, 3.8) is 0 Å². The van der Waals surface area contributed by atoms with Gasteiger partial charge in [0.25, 0.3) is 0 Å². The van der Waals surface area contributed by atoms with Crippen LogP contribution in [-0.2, 0) is 17.5 Å². The number of piperidine rings is 1. The molecule has 2 aromatic rings. The van der Waals surface area contributed by atoms with Crippen molar-refractivity contribution in [3.8, 4) is 11.5 Å². The van der Waals surface area contributed by atoms with E-state index in [1.54, 1.807) is 12.1 Å². The molecule has 1 fully saturated rings. The fourth-order valence-electron chi connectivity index (χ4n) is 2.94. The zero-order chi connectivity index (χ0) is 19.3. The van der Waals surface area contributed by atoms with Gasteiger partial charge in [0.1, 0.15) is 11.5 Å². The molecule has 0 bridgehead atoms. The van der Waals surface area contributed by atoms with E-state index in [1.807, 2.05) is 12.1 Å². The summed E-state index contributed by atoms with van der Waals surface area (Å²) in [5, 5.41) is 6.17. The van der Waals surface area contributed by atoms with E-state index in [4.69, 9.17) is 4.74 Å². The number of ether oxygens (including phenoxy) is 1. The van der Waals surface area contributed by atoms with E-state index in [0.29, 0.717) is 18.0 Å². The molecule has 0 saturated carbocycles. The van der Waals surface area contributed by atoms with Gasteiger partial charge in [0.15, 0.2) is 0 Å². The van der Waals surface area contributed by atoms with Crippen LogP contribution in [0.15, 0.2) is 48.5 Å². The van der Waals surface area contributed by atoms with Crippen LogP contribution in [0.3, 0.4) is 0 Å². The SMILES string of the molecule is O=C(NCc1ccc(Oc2ccc(C(F)(F)F)cc2)cc1)C1CCNCC1. The Bertz CT molecular complexity index is 752. The standard InChI is InChI=1S/C20H21F3N2O2/c21-20(22,23)16-3-7-18(8-4-16)27-17-5-1-14(2-6-17)13-25-19(26)15-9-11-24-12-10-15/h1-8,15,24H,9-13H2,(H,25,26). The van der Waals surface area contributed by atoms with Crippen molar-refractivity contribution in [1.29, 1.82) is 0 Å². The number of hydrogen-bond donors (Lipinski definition) is 2. The molecule has 27 heavy (non-hydrogen) atoms. The quantitative estimate of drug-likeness (QED) is 0.823. The Hall–Kier alpha value is -2.54. The minimum absolute atomic E-state index is 0.0635. The molecule has 7 heteroatoms. The molecule has 0 unspecified atom stereocenters. The molecule has 0 aromatic heterocycles. The molecular weight excluding hydrogens is 357 g/mol. The molecule has 1 aliphatic heterocycles. The Kier molecular flexibility index (Phi) is 6.01. The molecule has 0 radical (unpaired) electrons. The van der Waals surface area contributed by atoms with Crippen LogP contribution in [-0.4, -0.2) is 19.0 Å². The van der Waals surface area contributed by atoms with E-state index in [1.165, 1.54) is 12.1 Å². The predicted octanol–water partition coefficient (Wildman–Crippen LogP) is 4.11. The molecule has 4 nitrogen and oxygen atoms in total. The molecule has 3 rings (SSSR count). The van der Waals surface area contributed by atoms with Crippen LogP contribution >= 0.6 is 0 Å². The maximum absolute atomic E-state index is 12.6. The number of benzene rings is 2. The molecule has 2 N–H and O–H groups in total. The van der Waals surface area contributed by atoms with Crippen LogP contribution in [0, 0.1) is 5.92 Å². The highest BCUT2D eigenvalue weighted by atomic mass is 19.4. The van der Waals surface area contributed by atoms with E-state index in [-0.39, 0.29) is 11.8 Å². The highest BCUT2D eigenvalue weighted by Crippen LogP contribution is 2.31. The van der Waals surface area contributed by atoms with Gasteiger partial charge in [-0.1, -0.05) is 12.1 Å². The number of rotatable bonds is 5. The van der Waals surface area contributed by atoms with Gasteiger partial charge in [0, 0.05) is 12.5 Å². The monoisotopic (exact) mass is 378 g/mol. The summed E-state index contributed by atoms with van der Waals surface area (Å²) in [4.78, 5) is 12.1. The summed E-state index contributed by atoms with van der Waals surface area (Å²) in [5.41, 5.74) is 0.215. The highest BCUT2D eigenvalue weighted by molar-refractivity contribution is 5.78. The van der Waals surface area contributed by atoms with Crippen LogP contribution < -0.4 is 15.4 Å². The van der Waals surface area contributed by atoms with Crippen LogP contribution in [0.1, 0.15) is 24.0 Å². The molecule has 0 aliphatic carbocycles. The first kappa shape index (κ1) is 19.2. The third kappa shape index (κ3) is 5.47. The summed E-state index contributed by atoms with van der Waals surface area (Å²) in [7, 11) is 0. The summed E-state index contributed by atoms with van der Waals surface area (Å²) in [6.07, 6.45) is -2.66. The van der Waals surface area contributed by atoms with Crippen molar-refractivity contribution in [2.24, 2.45) is 5.92 Å². The largest absolute Gasteiger partial charge is 0.457 e. The van der Waals surface area contributed by atoms with Crippen molar-refractivity contribution in [2.45, 2.75) is 25.6 Å². The van der Waals surface area contributed by atoms with Crippen molar-refractivity contribution in [3.05, 3.63) is 59.7 Å². The average Bonchev–Trinajstić information content (AvgIpc) is 2.67. The van der Waals surface area contributed by atoms with Gasteiger partial charge in [0.05, 0.1) is 5.56 Å². The molecule has 1 amide bonds. The van der Waals surface area contributed by atoms with E-state index in [0.717, 1.165) is 43.6 Å². The summed E-state index contributed by atoms with van der Waals surface area (Å²) in [6, 6.07) is 11.6. The third-order valence-corrected chi connectivity index (χ3v) is 4.52. The summed E-state index contributed by atoms with van der Waals surface area (Å²) in [5.74, 6) is 0.980. The molecule has 144 valence electrons. The Balaban J connectivity index is 1.52. The van der Waals surface area contributed by atoms with E-state index in [2.05, 4.69) is 10.6 Å². The number of carbonyl (C=O) groups excluding carboxylic acids is 1. The first-order valence-corrected chi connectivity index (χ1v) is 8.84. The van der Waals surface area contributed by atoms with Crippen molar-refractivity contribution in [1.82, 2.24) is 10.6 Å². The number of halogens is 3. The first-order valence-electron chi connectivity index (χ1n) is 8.84. The highest BCUT2D eigenvalue weighted by Gasteiger charge is 2.30. The fraction of sp³-hybridized carbons (Fsp3) is 0.350. The minimum Gasteiger partial charge on any atom is -0.457 e. The van der Waals surface area contributed by atoms with Gasteiger partial charge in [0.2, 0.25) is 5.91 Å². The number of alkyl halides is 3. The molecule has 0 atom stereocenters. The molecule has 0 spiro atoms. The van der Waals surface area contributed by atoms with Crippen molar-refractivity contribution in [2.75, 3.05) is 13.1 Å². The second-order valence-corrected chi connectivity index (χ2v) is 6.51. The number of amides is 1. The molecule has 1 heterocycles. The normalized spacial score (nSPS) is 15.4. The lowest BCUT2D eigenvalue weighted by Gasteiger charge is -2.21. The van der Waals surface area contributed by atoms with Gasteiger partial charge in [-0.05, 0) is 67.9 Å². The summed E-state index contributed by atoms with van der Waals surface area (Å²) >= 11 is 0. The van der Waals surface area contributed by atoms with Gasteiger partial charge < -0.3 is 15.4 Å². The number of carbonyl (C=O) groups is 1. The van der Waals surface area contributed by atoms with Crippen LogP contribution in [0.4, 0.5) is 13.2 Å². The molecule has 1 saturated heterocycles. The maximum atomic E-state index is 12.6. The van der Waals surface area contributed by atoms with E-state index in [9.17, 15) is 18.0 Å². The predicted molar refractivity (Wildman–Crippen MR) is 95.4 cm³/mol. The first-order chi connectivity index (χ1) is 12.9. The third-order valence-electron chi connectivity index (χ3n) is 4.52.